The van der Waals surface area contributed by atoms with Gasteiger partial charge in [0.25, 0.3) is 0 Å². The number of aryl methyl sites for hydroxylation is 1. The van der Waals surface area contributed by atoms with Gasteiger partial charge in [0.1, 0.15) is 40.2 Å². The van der Waals surface area contributed by atoms with Gasteiger partial charge in [-0.1, -0.05) is 115 Å². The monoisotopic (exact) mass is 1140 g/mol. The Hall–Kier alpha value is -10.4. The first kappa shape index (κ1) is 54.2. The minimum atomic E-state index is -3.89. The first-order valence-corrected chi connectivity index (χ1v) is 29.9. The summed E-state index contributed by atoms with van der Waals surface area (Å²) in [6.45, 7) is 1.92. The van der Waals surface area contributed by atoms with Crippen molar-refractivity contribution in [3.63, 3.8) is 0 Å². The number of aromatic nitrogens is 2. The molecular weight excluding hydrogens is 1080 g/mol. The zero-order valence-electron chi connectivity index (χ0n) is 45.5. The molecule has 11 aromatic carbocycles. The van der Waals surface area contributed by atoms with E-state index in [0.29, 0.717) is 34.5 Å². The van der Waals surface area contributed by atoms with E-state index in [0.717, 1.165) is 78.3 Å². The predicted molar refractivity (Wildman–Crippen MR) is 329 cm³/mol. The van der Waals surface area contributed by atoms with Crippen LogP contribution in [-0.4, -0.2) is 33.9 Å². The maximum absolute atomic E-state index is 13.9. The fourth-order valence-corrected chi connectivity index (χ4v) is 12.3. The zero-order chi connectivity index (χ0) is 57.6. The molecular formula is C72H52N2O8S2. The lowest BCUT2D eigenvalue weighted by Crippen LogP contribution is -2.02. The average molecular weight is 1140 g/mol. The average Bonchev–Trinajstić information content (AvgIpc) is 2.89. The molecule has 0 amide bonds. The quantitative estimate of drug-likeness (QED) is 0.0812. The summed E-state index contributed by atoms with van der Waals surface area (Å²) in [5.74, 6) is 3.91. The smallest absolute Gasteiger partial charge is 0.206 e. The zero-order valence-corrected chi connectivity index (χ0v) is 47.2. The first-order chi connectivity index (χ1) is 40.9. The maximum atomic E-state index is 13.9. The molecule has 12 rings (SSSR count). The van der Waals surface area contributed by atoms with Crippen LogP contribution in [0.15, 0.2) is 299 Å². The number of ether oxygens (including phenoxy) is 4. The molecule has 0 fully saturated rings. The third kappa shape index (κ3) is 11.7. The van der Waals surface area contributed by atoms with Crippen molar-refractivity contribution in [2.24, 2.45) is 0 Å². The fourth-order valence-electron chi connectivity index (χ4n) is 9.79. The summed E-state index contributed by atoms with van der Waals surface area (Å²) < 4.78 is 78.5. The summed E-state index contributed by atoms with van der Waals surface area (Å²) >= 11 is 0. The van der Waals surface area contributed by atoms with Crippen LogP contribution in [0.4, 0.5) is 0 Å². The molecule has 0 spiro atoms. The minimum Gasteiger partial charge on any atom is -0.497 e. The van der Waals surface area contributed by atoms with E-state index >= 15 is 0 Å². The predicted octanol–water partition coefficient (Wildman–Crippen LogP) is 17.3. The molecule has 0 bridgehead atoms. The van der Waals surface area contributed by atoms with Gasteiger partial charge >= 0.3 is 0 Å². The highest BCUT2D eigenvalue weighted by atomic mass is 32.2. The number of nitrogens with zero attached hydrogens (tertiary/aromatic N) is 2. The summed E-state index contributed by atoms with van der Waals surface area (Å²) in [6.07, 6.45) is 0. The molecule has 1 aromatic heterocycles. The molecule has 0 aliphatic carbocycles. The highest BCUT2D eigenvalue weighted by molar-refractivity contribution is 7.91. The van der Waals surface area contributed by atoms with E-state index in [9.17, 15) is 16.8 Å². The number of hydrogen-bond acceptors (Lipinski definition) is 10. The normalized spacial score (nSPS) is 11.8. The van der Waals surface area contributed by atoms with Crippen molar-refractivity contribution < 1.29 is 35.8 Å². The van der Waals surface area contributed by atoms with Gasteiger partial charge < -0.3 is 18.9 Å². The van der Waals surface area contributed by atoms with Crippen molar-refractivity contribution in [3.8, 4) is 62.8 Å². The molecule has 12 aromatic rings. The van der Waals surface area contributed by atoms with Gasteiger partial charge in [-0.15, -0.1) is 0 Å². The van der Waals surface area contributed by atoms with E-state index in [1.165, 1.54) is 12.1 Å². The van der Waals surface area contributed by atoms with Crippen molar-refractivity contribution in [1.82, 2.24) is 9.97 Å². The molecule has 10 nitrogen and oxygen atoms in total. The van der Waals surface area contributed by atoms with Gasteiger partial charge in [-0.2, -0.15) is 0 Å². The third-order valence-corrected chi connectivity index (χ3v) is 17.7. The van der Waals surface area contributed by atoms with Gasteiger partial charge in [-0.05, 0) is 210 Å². The van der Waals surface area contributed by atoms with E-state index < -0.39 is 19.7 Å². The molecule has 0 aliphatic heterocycles. The maximum Gasteiger partial charge on any atom is 0.206 e. The second-order valence-corrected chi connectivity index (χ2v) is 23.6. The van der Waals surface area contributed by atoms with Crippen molar-refractivity contribution in [2.45, 2.75) is 26.5 Å². The van der Waals surface area contributed by atoms with Crippen molar-refractivity contribution in [2.75, 3.05) is 7.11 Å². The van der Waals surface area contributed by atoms with E-state index in [2.05, 4.69) is 24.3 Å². The van der Waals surface area contributed by atoms with E-state index in [1.54, 1.807) is 92.0 Å². The number of hydrogen-bond donors (Lipinski definition) is 0. The number of methoxy groups -OCH3 is 1. The van der Waals surface area contributed by atoms with Gasteiger partial charge in [-0.25, -0.2) is 26.8 Å². The number of benzene rings is 11. The third-order valence-electron chi connectivity index (χ3n) is 14.2. The number of fused-ring (bicyclic) bond motifs is 1. The van der Waals surface area contributed by atoms with Crippen LogP contribution in [0, 0.1) is 6.92 Å². The number of rotatable bonds is 17. The molecule has 0 atom stereocenters. The van der Waals surface area contributed by atoms with Crippen molar-refractivity contribution in [3.05, 3.63) is 307 Å². The van der Waals surface area contributed by atoms with Crippen molar-refractivity contribution in [1.29, 1.82) is 0 Å². The Balaban J connectivity index is 0.735. The van der Waals surface area contributed by atoms with Crippen LogP contribution >= 0.6 is 0 Å². The van der Waals surface area contributed by atoms with Gasteiger partial charge in [0.2, 0.25) is 19.7 Å². The molecule has 84 heavy (non-hydrogen) atoms. The lowest BCUT2D eigenvalue weighted by atomic mass is 9.86. The largest absolute Gasteiger partial charge is 0.497 e. The van der Waals surface area contributed by atoms with Crippen LogP contribution in [0.1, 0.15) is 27.8 Å². The van der Waals surface area contributed by atoms with Crippen LogP contribution in [-0.2, 0) is 19.7 Å². The van der Waals surface area contributed by atoms with Crippen LogP contribution in [0.5, 0.6) is 40.2 Å². The SMILES string of the molecule is COc1ccc(-c2nc3ccccc3nc2-c2ccc(Oc3ccc(S(=O)(=O)c4ccc(Oc5ccc(/C(=C(/c6ccccc6)c6ccc(Oc7ccc(S(=O)(=O)c8ccc(C)cc8)cc7)cc6)c6ccccc6)cc5)cc4)cc3)cc2)cc1. The molecule has 0 saturated heterocycles. The Kier molecular flexibility index (Phi) is 15.2. The van der Waals surface area contributed by atoms with E-state index in [1.807, 2.05) is 165 Å². The Morgan fingerprint density at radius 2 is 0.560 bits per heavy atom. The Morgan fingerprint density at radius 3 is 0.881 bits per heavy atom. The summed E-state index contributed by atoms with van der Waals surface area (Å²) in [6, 6.07) is 85.1. The molecule has 0 aliphatic rings. The molecule has 0 N–H and O–H groups in total. The van der Waals surface area contributed by atoms with Gasteiger partial charge in [-0.3, -0.25) is 0 Å². The second-order valence-electron chi connectivity index (χ2n) is 19.7. The molecule has 0 radical (unpaired) electrons. The van der Waals surface area contributed by atoms with Gasteiger partial charge in [0, 0.05) is 11.1 Å². The summed E-state index contributed by atoms with van der Waals surface area (Å²) in [5, 5.41) is 0. The lowest BCUT2D eigenvalue weighted by Gasteiger charge is -2.19. The van der Waals surface area contributed by atoms with Gasteiger partial charge in [0.15, 0.2) is 0 Å². The Bertz CT molecular complexity index is 4550. The molecule has 1 heterocycles. The Labute approximate surface area is 488 Å². The molecule has 0 saturated carbocycles. The van der Waals surface area contributed by atoms with Crippen LogP contribution < -0.4 is 18.9 Å². The Morgan fingerprint density at radius 1 is 0.298 bits per heavy atom. The summed E-state index contributed by atoms with van der Waals surface area (Å²) in [4.78, 5) is 10.7. The molecule has 410 valence electrons. The second kappa shape index (κ2) is 23.6. The molecule has 12 heteroatoms. The standard InChI is InChI=1S/C72H52N2O8S2/c1-49-17-41-63(42-18-49)83(75,76)64-43-35-60(36-44-64)80-57-29-19-52(20-30-57)69(50-11-5-3-6-12-50)70(51-13-7-4-8-14-51)53-21-31-58(32-22-53)81-61-37-45-65(46-38-61)84(77,78)66-47-39-62(40-48-66)82-59-33-25-55(26-34-59)72-71(54-23-27-56(79-2)28-24-54)73-67-15-9-10-16-68(67)74-72/h3-48H,1-2H3/b70-69-. The number of para-hydroxylation sites is 2. The fraction of sp³-hybridized carbons (Fsp3) is 0.0278. The van der Waals surface area contributed by atoms with E-state index in [4.69, 9.17) is 28.9 Å². The summed E-state index contributed by atoms with van der Waals surface area (Å²) in [7, 11) is -5.94. The van der Waals surface area contributed by atoms with Crippen molar-refractivity contribution >= 4 is 41.9 Å². The lowest BCUT2D eigenvalue weighted by molar-refractivity contribution is 0.415. The minimum absolute atomic E-state index is 0.117. The van der Waals surface area contributed by atoms with Crippen LogP contribution in [0.25, 0.3) is 44.7 Å². The molecule has 0 unspecified atom stereocenters. The van der Waals surface area contributed by atoms with Crippen LogP contribution in [0.3, 0.4) is 0 Å². The highest BCUT2D eigenvalue weighted by Crippen LogP contribution is 2.40. The highest BCUT2D eigenvalue weighted by Gasteiger charge is 2.22. The number of sulfone groups is 2. The van der Waals surface area contributed by atoms with E-state index in [-0.39, 0.29) is 19.6 Å². The topological polar surface area (TPSA) is 131 Å². The first-order valence-electron chi connectivity index (χ1n) is 26.9. The summed E-state index contributed by atoms with van der Waals surface area (Å²) in [5.41, 5.74) is 11.7. The van der Waals surface area contributed by atoms with Gasteiger partial charge in [0.05, 0.1) is 49.1 Å². The van der Waals surface area contributed by atoms with Crippen LogP contribution in [0.2, 0.25) is 0 Å².